The highest BCUT2D eigenvalue weighted by molar-refractivity contribution is 8.68. The van der Waals surface area contributed by atoms with E-state index in [-0.39, 0.29) is 5.91 Å². The van der Waals surface area contributed by atoms with Crippen LogP contribution in [0.1, 0.15) is 33.3 Å². The van der Waals surface area contributed by atoms with Crippen LogP contribution in [-0.2, 0) is 9.53 Å². The van der Waals surface area contributed by atoms with E-state index in [1.807, 2.05) is 25.1 Å². The van der Waals surface area contributed by atoms with E-state index in [1.54, 1.807) is 27.7 Å². The van der Waals surface area contributed by atoms with Crippen molar-refractivity contribution in [2.24, 2.45) is 0 Å². The molecule has 0 fully saturated rings. The Labute approximate surface area is 140 Å². The van der Waals surface area contributed by atoms with Crippen LogP contribution in [0.5, 0.6) is 0 Å². The van der Waals surface area contributed by atoms with Crippen molar-refractivity contribution in [1.29, 1.82) is 0 Å². The Morgan fingerprint density at radius 1 is 1.32 bits per heavy atom. The van der Waals surface area contributed by atoms with E-state index in [0.29, 0.717) is 5.69 Å². The van der Waals surface area contributed by atoms with Crippen LogP contribution in [-0.4, -0.2) is 23.6 Å². The lowest BCUT2D eigenvalue weighted by atomic mass is 10.2. The highest BCUT2D eigenvalue weighted by Gasteiger charge is 2.21. The lowest BCUT2D eigenvalue weighted by Gasteiger charge is -2.22. The molecule has 0 heterocycles. The molecule has 122 valence electrons. The van der Waals surface area contributed by atoms with Crippen molar-refractivity contribution in [1.82, 2.24) is 5.32 Å². The van der Waals surface area contributed by atoms with Gasteiger partial charge in [0.2, 0.25) is 5.91 Å². The number of carbonyl (C=O) groups excluding carboxylic acids is 2. The molecule has 0 unspecified atom stereocenters. The highest BCUT2D eigenvalue weighted by atomic mass is 33.1. The van der Waals surface area contributed by atoms with Crippen LogP contribution >= 0.6 is 22.5 Å². The Hall–Kier alpha value is -1.34. The summed E-state index contributed by atoms with van der Waals surface area (Å²) >= 11 is 4.18. The molecule has 0 aromatic heterocycles. The normalized spacial score (nSPS) is 12.5. The molecule has 1 atom stereocenters. The monoisotopic (exact) mass is 342 g/mol. The summed E-state index contributed by atoms with van der Waals surface area (Å²) in [7, 11) is 1.25. The summed E-state index contributed by atoms with van der Waals surface area (Å²) in [6.07, 6.45) is -0.622. The maximum Gasteiger partial charge on any atom is 0.408 e. The summed E-state index contributed by atoms with van der Waals surface area (Å²) in [4.78, 5) is 24.7. The first-order valence-electron chi connectivity index (χ1n) is 6.85. The molecule has 0 radical (unpaired) electrons. The number of carbonyl (C=O) groups is 2. The smallest absolute Gasteiger partial charge is 0.408 e. The Kier molecular flexibility index (Phi) is 6.62. The fraction of sp³-hybridized carbons (Fsp3) is 0.467. The van der Waals surface area contributed by atoms with Crippen LogP contribution in [0.25, 0.3) is 0 Å². The highest BCUT2D eigenvalue weighted by Crippen LogP contribution is 2.30. The Morgan fingerprint density at radius 2 is 1.95 bits per heavy atom. The Morgan fingerprint density at radius 3 is 2.50 bits per heavy atom. The van der Waals surface area contributed by atoms with Crippen LogP contribution in [0.2, 0.25) is 0 Å². The number of hydrogen-bond donors (Lipinski definition) is 3. The van der Waals surface area contributed by atoms with Crippen molar-refractivity contribution in [3.8, 4) is 0 Å². The molecule has 0 bridgehead atoms. The summed E-state index contributed by atoms with van der Waals surface area (Å²) < 4.78 is 5.12. The third kappa shape index (κ3) is 6.19. The van der Waals surface area contributed by atoms with Gasteiger partial charge in [-0.25, -0.2) is 4.79 Å². The second-order valence-corrected chi connectivity index (χ2v) is 7.12. The molecule has 1 aromatic carbocycles. The molecule has 0 saturated heterocycles. The molecule has 0 aliphatic heterocycles. The van der Waals surface area contributed by atoms with E-state index in [1.165, 1.54) is 10.8 Å². The van der Waals surface area contributed by atoms with Gasteiger partial charge < -0.3 is 15.4 Å². The van der Waals surface area contributed by atoms with E-state index >= 15 is 0 Å². The lowest BCUT2D eigenvalue weighted by molar-refractivity contribution is -0.117. The molecule has 1 rings (SSSR count). The Bertz CT molecular complexity index is 556. The van der Waals surface area contributed by atoms with Gasteiger partial charge in [-0.05, 0) is 52.3 Å². The third-order valence-corrected chi connectivity index (χ3v) is 3.74. The predicted octanol–water partition coefficient (Wildman–Crippen LogP) is 3.78. The fourth-order valence-electron chi connectivity index (χ4n) is 1.60. The number of hydrogen-bond acceptors (Lipinski definition) is 5. The van der Waals surface area contributed by atoms with Crippen LogP contribution in [0.3, 0.4) is 0 Å². The zero-order valence-corrected chi connectivity index (χ0v) is 15.1. The fourth-order valence-corrected chi connectivity index (χ4v) is 2.51. The number of thiol groups is 1. The van der Waals surface area contributed by atoms with Crippen LogP contribution in [0.4, 0.5) is 10.5 Å². The summed E-state index contributed by atoms with van der Waals surface area (Å²) in [5.74, 6) is -0.321. The molecule has 0 spiro atoms. The van der Waals surface area contributed by atoms with Gasteiger partial charge in [0, 0.05) is 4.90 Å². The minimum atomic E-state index is -0.714. The largest absolute Gasteiger partial charge is 0.444 e. The van der Waals surface area contributed by atoms with Gasteiger partial charge in [0.15, 0.2) is 0 Å². The van der Waals surface area contributed by atoms with E-state index in [9.17, 15) is 9.59 Å². The van der Waals surface area contributed by atoms with Gasteiger partial charge in [-0.3, -0.25) is 4.79 Å². The van der Waals surface area contributed by atoms with Gasteiger partial charge in [-0.1, -0.05) is 16.9 Å². The second kappa shape index (κ2) is 7.78. The maximum atomic E-state index is 12.2. The van der Waals surface area contributed by atoms with Crippen molar-refractivity contribution in [3.05, 3.63) is 23.8 Å². The molecule has 2 amide bonds. The maximum absolute atomic E-state index is 12.2. The molecule has 0 aliphatic carbocycles. The SMILES string of the molecule is Cc1ccc(NC(=O)[C@@H](C)NC(=O)OC(C)(C)C)c(SS)c1. The van der Waals surface area contributed by atoms with Crippen molar-refractivity contribution < 1.29 is 14.3 Å². The number of anilines is 1. The number of nitrogens with one attached hydrogen (secondary N) is 2. The quantitative estimate of drug-likeness (QED) is 0.575. The van der Waals surface area contributed by atoms with Crippen LogP contribution in [0.15, 0.2) is 23.1 Å². The van der Waals surface area contributed by atoms with Crippen LogP contribution in [0, 0.1) is 6.92 Å². The van der Waals surface area contributed by atoms with Gasteiger partial charge >= 0.3 is 6.09 Å². The molecular weight excluding hydrogens is 320 g/mol. The van der Waals surface area contributed by atoms with Crippen molar-refractivity contribution in [3.63, 3.8) is 0 Å². The third-order valence-electron chi connectivity index (χ3n) is 2.62. The van der Waals surface area contributed by atoms with Gasteiger partial charge in [0.1, 0.15) is 11.6 Å². The van der Waals surface area contributed by atoms with Gasteiger partial charge in [0.25, 0.3) is 0 Å². The minimum absolute atomic E-state index is 0.321. The number of rotatable bonds is 4. The first-order chi connectivity index (χ1) is 10.1. The van der Waals surface area contributed by atoms with E-state index in [4.69, 9.17) is 4.74 Å². The van der Waals surface area contributed by atoms with Gasteiger partial charge in [-0.15, -0.1) is 11.7 Å². The average molecular weight is 342 g/mol. The lowest BCUT2D eigenvalue weighted by Crippen LogP contribution is -2.44. The molecule has 5 nitrogen and oxygen atoms in total. The number of alkyl carbamates (subject to hydrolysis) is 1. The molecule has 2 N–H and O–H groups in total. The van der Waals surface area contributed by atoms with Crippen molar-refractivity contribution in [2.75, 3.05) is 5.32 Å². The first-order valence-corrected chi connectivity index (χ1v) is 8.71. The summed E-state index contributed by atoms with van der Waals surface area (Å²) in [6, 6.07) is 4.93. The molecular formula is C15H22N2O3S2. The molecule has 7 heteroatoms. The van der Waals surface area contributed by atoms with E-state index in [0.717, 1.165) is 10.5 Å². The molecule has 0 saturated carbocycles. The van der Waals surface area contributed by atoms with Crippen LogP contribution < -0.4 is 10.6 Å². The zero-order valence-electron chi connectivity index (χ0n) is 13.4. The average Bonchev–Trinajstić information content (AvgIpc) is 2.38. The minimum Gasteiger partial charge on any atom is -0.444 e. The molecule has 22 heavy (non-hydrogen) atoms. The number of amides is 2. The second-order valence-electron chi connectivity index (χ2n) is 5.95. The summed E-state index contributed by atoms with van der Waals surface area (Å²) in [5.41, 5.74) is 1.13. The first kappa shape index (κ1) is 18.7. The van der Waals surface area contributed by atoms with Gasteiger partial charge in [0.05, 0.1) is 5.69 Å². The number of ether oxygens (including phenoxy) is 1. The van der Waals surface area contributed by atoms with Gasteiger partial charge in [-0.2, -0.15) is 0 Å². The summed E-state index contributed by atoms with van der Waals surface area (Å²) in [5, 5.41) is 5.28. The Balaban J connectivity index is 2.67. The van der Waals surface area contributed by atoms with E-state index in [2.05, 4.69) is 22.3 Å². The van der Waals surface area contributed by atoms with E-state index < -0.39 is 17.7 Å². The topological polar surface area (TPSA) is 67.4 Å². The standard InChI is InChI=1S/C15H22N2O3S2/c1-9-6-7-11(12(8-9)22-21)17-13(18)10(2)16-14(19)20-15(3,4)5/h6-8,10,21H,1-5H3,(H,16,19)(H,17,18)/t10-/m1/s1. The predicted molar refractivity (Wildman–Crippen MR) is 93.5 cm³/mol. The zero-order chi connectivity index (χ0) is 16.9. The summed E-state index contributed by atoms with van der Waals surface area (Å²) in [6.45, 7) is 8.85. The molecule has 0 aliphatic rings. The number of aryl methyl sites for hydroxylation is 1. The molecule has 1 aromatic rings. The van der Waals surface area contributed by atoms with Crippen molar-refractivity contribution >= 4 is 40.1 Å². The van der Waals surface area contributed by atoms with Crippen molar-refractivity contribution in [2.45, 2.75) is 51.2 Å². The number of benzene rings is 1.